The van der Waals surface area contributed by atoms with Crippen LogP contribution in [0.25, 0.3) is 0 Å². The Morgan fingerprint density at radius 1 is 1.30 bits per heavy atom. The molecule has 1 aliphatic heterocycles. The molecule has 1 rings (SSSR count). The van der Waals surface area contributed by atoms with E-state index in [9.17, 15) is 0 Å². The Labute approximate surface area is 62.5 Å². The lowest BCUT2D eigenvalue weighted by molar-refractivity contribution is -0.0308. The smallest absolute Gasteiger partial charge is 0.171 e. The van der Waals surface area contributed by atoms with Crippen molar-refractivity contribution in [1.82, 2.24) is 10.2 Å². The summed E-state index contributed by atoms with van der Waals surface area (Å²) in [4.78, 5) is 5.27. The molecule has 0 N–H and O–H groups in total. The van der Waals surface area contributed by atoms with Crippen LogP contribution in [-0.2, 0) is 4.84 Å². The van der Waals surface area contributed by atoms with Crippen LogP contribution in [0.1, 0.15) is 27.2 Å². The molecule has 0 saturated carbocycles. The predicted molar refractivity (Wildman–Crippen MR) is 39.9 cm³/mol. The van der Waals surface area contributed by atoms with E-state index >= 15 is 0 Å². The molecule has 3 heteroatoms. The average Bonchev–Trinajstić information content (AvgIpc) is 2.70. The first-order valence-corrected chi connectivity index (χ1v) is 4.04. The molecular weight excluding hydrogens is 128 g/mol. The van der Waals surface area contributed by atoms with Gasteiger partial charge in [0.1, 0.15) is 0 Å². The first-order chi connectivity index (χ1) is 4.83. The number of hydrogen-bond acceptors (Lipinski definition) is 3. The van der Waals surface area contributed by atoms with Crippen molar-refractivity contribution in [3.63, 3.8) is 0 Å². The van der Waals surface area contributed by atoms with Crippen LogP contribution in [0, 0.1) is 0 Å². The molecule has 1 heterocycles. The quantitative estimate of drug-likeness (QED) is 0.553. The summed E-state index contributed by atoms with van der Waals surface area (Å²) in [6.45, 7) is 8.48. The largest absolute Gasteiger partial charge is 0.258 e. The molecule has 0 radical (unpaired) electrons. The number of hydroxylamine groups is 1. The Kier molecular flexibility index (Phi) is 2.65. The van der Waals surface area contributed by atoms with E-state index in [1.807, 2.05) is 5.17 Å². The summed E-state index contributed by atoms with van der Waals surface area (Å²) in [5.41, 5.74) is 0. The third-order valence-electron chi connectivity index (χ3n) is 1.79. The molecule has 0 aromatic rings. The second-order valence-corrected chi connectivity index (χ2v) is 2.41. The van der Waals surface area contributed by atoms with Crippen molar-refractivity contribution in [2.45, 2.75) is 33.4 Å². The van der Waals surface area contributed by atoms with Crippen molar-refractivity contribution < 1.29 is 4.84 Å². The molecule has 10 heavy (non-hydrogen) atoms. The molecule has 0 amide bonds. The summed E-state index contributed by atoms with van der Waals surface area (Å²) in [6.07, 6.45) is 1.44. The van der Waals surface area contributed by atoms with Crippen LogP contribution >= 0.6 is 0 Å². The van der Waals surface area contributed by atoms with E-state index in [1.165, 1.54) is 0 Å². The molecule has 60 valence electrons. The van der Waals surface area contributed by atoms with Crippen LogP contribution in [0.2, 0.25) is 0 Å². The fourth-order valence-corrected chi connectivity index (χ4v) is 1.08. The van der Waals surface area contributed by atoms with Gasteiger partial charge in [0.05, 0.1) is 0 Å². The Hall–Kier alpha value is -0.120. The summed E-state index contributed by atoms with van der Waals surface area (Å²) in [7, 11) is 0. The molecule has 1 aliphatic rings. The zero-order chi connectivity index (χ0) is 7.56. The standard InChI is InChI=1S/C7H16N2O/c1-4-7-9(10-7)8(5-2)6-3/h7H,4-6H2,1-3H3. The van der Waals surface area contributed by atoms with Crippen LogP contribution in [0.3, 0.4) is 0 Å². The van der Waals surface area contributed by atoms with Crippen molar-refractivity contribution in [3.8, 4) is 0 Å². The van der Waals surface area contributed by atoms with E-state index in [0.29, 0.717) is 6.23 Å². The van der Waals surface area contributed by atoms with Gasteiger partial charge in [0.15, 0.2) is 6.23 Å². The average molecular weight is 144 g/mol. The van der Waals surface area contributed by atoms with Gasteiger partial charge in [0.2, 0.25) is 0 Å². The van der Waals surface area contributed by atoms with E-state index < -0.39 is 0 Å². The van der Waals surface area contributed by atoms with E-state index in [0.717, 1.165) is 19.5 Å². The second-order valence-electron chi connectivity index (χ2n) is 2.41. The van der Waals surface area contributed by atoms with Gasteiger partial charge >= 0.3 is 0 Å². The molecule has 1 saturated heterocycles. The van der Waals surface area contributed by atoms with Gasteiger partial charge in [-0.3, -0.25) is 4.84 Å². The Bertz CT molecular complexity index is 104. The van der Waals surface area contributed by atoms with Crippen molar-refractivity contribution in [2.75, 3.05) is 13.1 Å². The molecule has 2 atom stereocenters. The summed E-state index contributed by atoms with van der Waals surface area (Å²) in [5, 5.41) is 4.15. The number of hydrogen-bond donors (Lipinski definition) is 0. The monoisotopic (exact) mass is 144 g/mol. The van der Waals surface area contributed by atoms with E-state index in [1.54, 1.807) is 0 Å². The molecule has 1 fully saturated rings. The molecule has 0 aliphatic carbocycles. The van der Waals surface area contributed by atoms with Crippen LogP contribution in [0.15, 0.2) is 0 Å². The molecule has 0 aromatic carbocycles. The topological polar surface area (TPSA) is 18.8 Å². The van der Waals surface area contributed by atoms with Crippen molar-refractivity contribution in [1.29, 1.82) is 0 Å². The zero-order valence-corrected chi connectivity index (χ0v) is 7.00. The maximum atomic E-state index is 5.27. The molecule has 2 unspecified atom stereocenters. The zero-order valence-electron chi connectivity index (χ0n) is 7.00. The second kappa shape index (κ2) is 3.32. The molecular formula is C7H16N2O. The number of rotatable bonds is 4. The summed E-state index contributed by atoms with van der Waals surface area (Å²) >= 11 is 0. The first kappa shape index (κ1) is 7.98. The Morgan fingerprint density at radius 3 is 2.20 bits per heavy atom. The minimum absolute atomic E-state index is 0.361. The van der Waals surface area contributed by atoms with Gasteiger partial charge in [-0.25, -0.2) is 5.01 Å². The van der Waals surface area contributed by atoms with E-state index in [-0.39, 0.29) is 0 Å². The van der Waals surface area contributed by atoms with Gasteiger partial charge in [-0.2, -0.15) is 0 Å². The van der Waals surface area contributed by atoms with E-state index in [2.05, 4.69) is 25.8 Å². The molecule has 3 nitrogen and oxygen atoms in total. The maximum Gasteiger partial charge on any atom is 0.171 e. The highest BCUT2D eigenvalue weighted by molar-refractivity contribution is 4.60. The lowest BCUT2D eigenvalue weighted by Gasteiger charge is -2.15. The van der Waals surface area contributed by atoms with Gasteiger partial charge in [0.25, 0.3) is 0 Å². The van der Waals surface area contributed by atoms with Crippen molar-refractivity contribution in [3.05, 3.63) is 0 Å². The number of nitrogens with zero attached hydrogens (tertiary/aromatic N) is 2. The highest BCUT2D eigenvalue weighted by Gasteiger charge is 2.38. The minimum Gasteiger partial charge on any atom is -0.258 e. The van der Waals surface area contributed by atoms with Gasteiger partial charge in [0, 0.05) is 13.1 Å². The number of hydrazine groups is 1. The fraction of sp³-hybridized carbons (Fsp3) is 1.00. The third-order valence-corrected chi connectivity index (χ3v) is 1.79. The lowest BCUT2D eigenvalue weighted by Crippen LogP contribution is -2.30. The SMILES string of the molecule is CCC1ON1N(CC)CC. The van der Waals surface area contributed by atoms with Crippen LogP contribution < -0.4 is 0 Å². The minimum atomic E-state index is 0.361. The fourth-order valence-electron chi connectivity index (χ4n) is 1.08. The third kappa shape index (κ3) is 1.48. The van der Waals surface area contributed by atoms with Gasteiger partial charge in [-0.05, 0) is 6.42 Å². The Balaban J connectivity index is 2.22. The van der Waals surface area contributed by atoms with Crippen LogP contribution in [-0.4, -0.2) is 29.5 Å². The summed E-state index contributed by atoms with van der Waals surface area (Å²) < 4.78 is 0. The lowest BCUT2D eigenvalue weighted by atomic mass is 10.5. The van der Waals surface area contributed by atoms with Gasteiger partial charge < -0.3 is 0 Å². The van der Waals surface area contributed by atoms with Gasteiger partial charge in [-0.1, -0.05) is 25.9 Å². The Morgan fingerprint density at radius 2 is 1.90 bits per heavy atom. The maximum absolute atomic E-state index is 5.27. The van der Waals surface area contributed by atoms with Crippen molar-refractivity contribution in [2.24, 2.45) is 0 Å². The van der Waals surface area contributed by atoms with Crippen LogP contribution in [0.5, 0.6) is 0 Å². The molecule has 0 spiro atoms. The van der Waals surface area contributed by atoms with E-state index in [4.69, 9.17) is 4.84 Å². The molecule has 0 bridgehead atoms. The van der Waals surface area contributed by atoms with Crippen LogP contribution in [0.4, 0.5) is 0 Å². The first-order valence-electron chi connectivity index (χ1n) is 4.04. The summed E-state index contributed by atoms with van der Waals surface area (Å²) in [5.74, 6) is 0. The van der Waals surface area contributed by atoms with Gasteiger partial charge in [-0.15, -0.1) is 0 Å². The predicted octanol–water partition coefficient (Wildman–Crippen LogP) is 1.23. The molecule has 0 aromatic heterocycles. The highest BCUT2D eigenvalue weighted by Crippen LogP contribution is 2.24. The van der Waals surface area contributed by atoms with Crippen molar-refractivity contribution >= 4 is 0 Å². The summed E-state index contributed by atoms with van der Waals surface area (Å²) in [6, 6.07) is 0. The highest BCUT2D eigenvalue weighted by atomic mass is 16.9. The normalized spacial score (nSPS) is 31.2.